The third kappa shape index (κ3) is 2.48. The third-order valence-corrected chi connectivity index (χ3v) is 9.37. The van der Waals surface area contributed by atoms with Gasteiger partial charge in [0, 0.05) is 5.92 Å². The van der Waals surface area contributed by atoms with Gasteiger partial charge in [-0.15, -0.1) is 0 Å². The molecular weight excluding hydrogens is 312 g/mol. The van der Waals surface area contributed by atoms with E-state index in [-0.39, 0.29) is 22.9 Å². The van der Waals surface area contributed by atoms with Gasteiger partial charge in [-0.05, 0) is 99.7 Å². The Morgan fingerprint density at radius 3 is 2.36 bits per heavy atom. The van der Waals surface area contributed by atoms with Gasteiger partial charge in [0.15, 0.2) is 0 Å². The van der Waals surface area contributed by atoms with Crippen LogP contribution in [0.4, 0.5) is 0 Å². The van der Waals surface area contributed by atoms with Crippen LogP contribution in [0.15, 0.2) is 0 Å². The first-order valence-corrected chi connectivity index (χ1v) is 10.5. The lowest BCUT2D eigenvalue weighted by molar-refractivity contribution is -0.188. The van der Waals surface area contributed by atoms with Crippen LogP contribution in [0.25, 0.3) is 0 Å². The summed E-state index contributed by atoms with van der Waals surface area (Å²) in [5, 5.41) is 21.9. The highest BCUT2D eigenvalue weighted by atomic mass is 16.3. The van der Waals surface area contributed by atoms with Crippen LogP contribution in [-0.4, -0.2) is 27.7 Å². The van der Waals surface area contributed by atoms with E-state index in [1.165, 1.54) is 12.8 Å². The summed E-state index contributed by atoms with van der Waals surface area (Å²) in [5.74, 6) is 2.50. The van der Waals surface area contributed by atoms with Crippen molar-refractivity contribution in [3.63, 3.8) is 0 Å². The quantitative estimate of drug-likeness (QED) is 0.754. The van der Waals surface area contributed by atoms with E-state index in [1.807, 2.05) is 6.92 Å². The number of carbonyl (C=O) groups excluding carboxylic acids is 1. The van der Waals surface area contributed by atoms with E-state index in [0.29, 0.717) is 29.5 Å². The zero-order chi connectivity index (χ0) is 18.2. The van der Waals surface area contributed by atoms with Crippen LogP contribution in [0, 0.1) is 40.4 Å². The number of fused-ring (bicyclic) bond motifs is 5. The lowest BCUT2D eigenvalue weighted by atomic mass is 9.43. The first kappa shape index (κ1) is 18.0. The fraction of sp³-hybridized carbons (Fsp3) is 0.955. The van der Waals surface area contributed by atoms with Gasteiger partial charge in [0.25, 0.3) is 0 Å². The maximum absolute atomic E-state index is 12.2. The fourth-order valence-electron chi connectivity index (χ4n) is 8.22. The Hall–Kier alpha value is -0.410. The van der Waals surface area contributed by atoms with Gasteiger partial charge in [-0.3, -0.25) is 4.79 Å². The number of aliphatic hydroxyl groups is 2. The molecule has 25 heavy (non-hydrogen) atoms. The molecule has 0 aliphatic heterocycles. The molecule has 4 aliphatic rings. The van der Waals surface area contributed by atoms with Crippen LogP contribution >= 0.6 is 0 Å². The Balaban J connectivity index is 1.66. The summed E-state index contributed by atoms with van der Waals surface area (Å²) in [7, 11) is 0. The molecule has 0 aromatic rings. The molecule has 0 heterocycles. The van der Waals surface area contributed by atoms with Gasteiger partial charge in [-0.25, -0.2) is 0 Å². The number of rotatable bonds is 1. The van der Waals surface area contributed by atoms with Crippen molar-refractivity contribution in [3.05, 3.63) is 0 Å². The molecule has 0 unspecified atom stereocenters. The minimum absolute atomic E-state index is 0.00419. The molecule has 2 N–H and O–H groups in total. The maximum Gasteiger partial charge on any atom is 0.133 e. The van der Waals surface area contributed by atoms with Crippen LogP contribution in [0.2, 0.25) is 0 Å². The van der Waals surface area contributed by atoms with Crippen molar-refractivity contribution in [1.29, 1.82) is 0 Å². The normalized spacial score (nSPS) is 58.2. The minimum Gasteiger partial charge on any atom is -0.393 e. The second-order valence-corrected chi connectivity index (χ2v) is 10.8. The van der Waals surface area contributed by atoms with Crippen molar-refractivity contribution in [2.24, 2.45) is 40.4 Å². The van der Waals surface area contributed by atoms with Gasteiger partial charge in [0.2, 0.25) is 0 Å². The van der Waals surface area contributed by atoms with Gasteiger partial charge in [-0.2, -0.15) is 0 Å². The molecule has 4 rings (SSSR count). The van der Waals surface area contributed by atoms with Crippen molar-refractivity contribution >= 4 is 5.78 Å². The van der Waals surface area contributed by atoms with Gasteiger partial charge in [-0.1, -0.05) is 13.8 Å². The Morgan fingerprint density at radius 1 is 0.960 bits per heavy atom. The zero-order valence-electron chi connectivity index (χ0n) is 16.4. The molecule has 0 aromatic carbocycles. The molecule has 0 amide bonds. The summed E-state index contributed by atoms with van der Waals surface area (Å²) < 4.78 is 0. The molecular formula is C22H36O3. The molecule has 0 spiro atoms. The molecule has 142 valence electrons. The van der Waals surface area contributed by atoms with E-state index in [9.17, 15) is 15.0 Å². The minimum atomic E-state index is -0.530. The average Bonchev–Trinajstić information content (AvgIpc) is 2.84. The number of Topliss-reactive ketones (excluding diaryl/α,β-unsaturated/α-hetero) is 1. The SMILES string of the molecule is CC(=O)[C@H]1CC[C@H]2[C@@H]3CC[C@@H]4C[C@](C)(O)CC[C@]4(C)[C@H]3[C@@H](O)C[C@]12C. The number of aliphatic hydroxyl groups excluding tert-OH is 1. The predicted molar refractivity (Wildman–Crippen MR) is 97.9 cm³/mol. The van der Waals surface area contributed by atoms with Gasteiger partial charge < -0.3 is 10.2 Å². The highest BCUT2D eigenvalue weighted by Gasteiger charge is 2.64. The topological polar surface area (TPSA) is 57.5 Å². The van der Waals surface area contributed by atoms with Gasteiger partial charge >= 0.3 is 0 Å². The third-order valence-electron chi connectivity index (χ3n) is 9.37. The lowest BCUT2D eigenvalue weighted by Gasteiger charge is -2.63. The zero-order valence-corrected chi connectivity index (χ0v) is 16.4. The van der Waals surface area contributed by atoms with E-state index in [1.54, 1.807) is 6.92 Å². The average molecular weight is 349 g/mol. The molecule has 4 saturated carbocycles. The molecule has 9 atom stereocenters. The van der Waals surface area contributed by atoms with Gasteiger partial charge in [0.05, 0.1) is 11.7 Å². The summed E-state index contributed by atoms with van der Waals surface area (Å²) >= 11 is 0. The number of hydrogen-bond donors (Lipinski definition) is 2. The molecule has 3 heteroatoms. The Labute approximate surface area is 152 Å². The van der Waals surface area contributed by atoms with E-state index in [4.69, 9.17) is 0 Å². The molecule has 0 aromatic heterocycles. The molecule has 0 bridgehead atoms. The molecule has 4 aliphatic carbocycles. The maximum atomic E-state index is 12.2. The van der Waals surface area contributed by atoms with Crippen molar-refractivity contribution < 1.29 is 15.0 Å². The molecule has 4 fully saturated rings. The lowest BCUT2D eigenvalue weighted by Crippen LogP contribution is -2.60. The Kier molecular flexibility index (Phi) is 3.99. The van der Waals surface area contributed by atoms with Crippen LogP contribution < -0.4 is 0 Å². The predicted octanol–water partition coefficient (Wildman–Crippen LogP) is 3.96. The Morgan fingerprint density at radius 2 is 1.68 bits per heavy atom. The van der Waals surface area contributed by atoms with Gasteiger partial charge in [0.1, 0.15) is 5.78 Å². The van der Waals surface area contributed by atoms with Crippen molar-refractivity contribution in [1.82, 2.24) is 0 Å². The van der Waals surface area contributed by atoms with Crippen LogP contribution in [0.1, 0.15) is 79.1 Å². The largest absolute Gasteiger partial charge is 0.393 e. The number of carbonyl (C=O) groups is 1. The van der Waals surface area contributed by atoms with E-state index < -0.39 is 5.60 Å². The summed E-state index contributed by atoms with van der Waals surface area (Å²) in [6.07, 6.45) is 7.80. The van der Waals surface area contributed by atoms with Crippen molar-refractivity contribution in [2.45, 2.75) is 90.8 Å². The summed E-state index contributed by atoms with van der Waals surface area (Å²) in [6.45, 7) is 8.42. The second-order valence-electron chi connectivity index (χ2n) is 10.8. The highest BCUT2D eigenvalue weighted by molar-refractivity contribution is 5.79. The second kappa shape index (κ2) is 5.55. The molecule has 0 radical (unpaired) electrons. The van der Waals surface area contributed by atoms with Crippen LogP contribution in [-0.2, 0) is 4.79 Å². The number of hydrogen-bond acceptors (Lipinski definition) is 3. The van der Waals surface area contributed by atoms with Crippen LogP contribution in [0.5, 0.6) is 0 Å². The summed E-state index contributed by atoms with van der Waals surface area (Å²) in [6, 6.07) is 0. The summed E-state index contributed by atoms with van der Waals surface area (Å²) in [4.78, 5) is 12.2. The number of ketones is 1. The fourth-order valence-corrected chi connectivity index (χ4v) is 8.22. The van der Waals surface area contributed by atoms with Crippen molar-refractivity contribution in [3.8, 4) is 0 Å². The molecule has 3 nitrogen and oxygen atoms in total. The van der Waals surface area contributed by atoms with E-state index in [0.717, 1.165) is 38.5 Å². The van der Waals surface area contributed by atoms with E-state index >= 15 is 0 Å². The Bertz CT molecular complexity index is 570. The summed E-state index contributed by atoms with van der Waals surface area (Å²) in [5.41, 5.74) is -0.381. The standard InChI is InChI=1S/C22H36O3/c1-13(23)16-7-8-17-15-6-5-14-11-20(2,25)9-10-21(14,3)19(15)18(24)12-22(16,17)4/h14-19,24-25H,5-12H2,1-4H3/t14-,15+,16-,17+,18+,19-,20-,21+,22-/m1/s1. The smallest absolute Gasteiger partial charge is 0.133 e. The van der Waals surface area contributed by atoms with E-state index in [2.05, 4.69) is 13.8 Å². The monoisotopic (exact) mass is 348 g/mol. The first-order valence-electron chi connectivity index (χ1n) is 10.5. The highest BCUT2D eigenvalue weighted by Crippen LogP contribution is 2.68. The first-order chi connectivity index (χ1) is 11.6. The van der Waals surface area contributed by atoms with Crippen molar-refractivity contribution in [2.75, 3.05) is 0 Å². The molecule has 0 saturated heterocycles. The van der Waals surface area contributed by atoms with Crippen LogP contribution in [0.3, 0.4) is 0 Å².